The minimum absolute atomic E-state index is 1.06. The quantitative estimate of drug-likeness (QED) is 0.273. The summed E-state index contributed by atoms with van der Waals surface area (Å²) in [5.74, 6) is 0. The molecule has 0 unspecified atom stereocenters. The van der Waals surface area contributed by atoms with Crippen LogP contribution in [0.1, 0.15) is 30.5 Å². The maximum Gasteiger partial charge on any atom is -0.000728 e. The third-order valence-electron chi connectivity index (χ3n) is 4.96. The Labute approximate surface area is 143 Å². The summed E-state index contributed by atoms with van der Waals surface area (Å²) < 4.78 is 0. The summed E-state index contributed by atoms with van der Waals surface area (Å²) >= 11 is 0. The Morgan fingerprint density at radius 2 is 1.42 bits per heavy atom. The van der Waals surface area contributed by atoms with Crippen molar-refractivity contribution in [3.63, 3.8) is 0 Å². The third kappa shape index (κ3) is 2.14. The van der Waals surface area contributed by atoms with Crippen molar-refractivity contribution in [1.29, 1.82) is 0 Å². The standard InChI is InChI=1S/C22H16.C2H6/c1-14-6-7-15-8-9-20-19(21(15)12-14)11-10-18-17-5-3-2-4-16(17)13-22(18)20;1-2/h2-12H,13H2,1H3;1-2H3. The first-order valence-corrected chi connectivity index (χ1v) is 8.84. The molecule has 1 aliphatic carbocycles. The van der Waals surface area contributed by atoms with Crippen LogP contribution in [-0.2, 0) is 6.42 Å². The topological polar surface area (TPSA) is 0 Å². The highest BCUT2D eigenvalue weighted by molar-refractivity contribution is 6.10. The van der Waals surface area contributed by atoms with Gasteiger partial charge in [0.2, 0.25) is 0 Å². The Bertz CT molecular complexity index is 1050. The first kappa shape index (κ1) is 15.0. The molecule has 0 heterocycles. The molecule has 0 radical (unpaired) electrons. The average molecular weight is 310 g/mol. The highest BCUT2D eigenvalue weighted by atomic mass is 14.2. The van der Waals surface area contributed by atoms with E-state index in [0.717, 1.165) is 6.42 Å². The first-order valence-electron chi connectivity index (χ1n) is 8.84. The van der Waals surface area contributed by atoms with Crippen LogP contribution in [0.2, 0.25) is 0 Å². The van der Waals surface area contributed by atoms with E-state index >= 15 is 0 Å². The van der Waals surface area contributed by atoms with Gasteiger partial charge in [-0.15, -0.1) is 0 Å². The van der Waals surface area contributed by atoms with Gasteiger partial charge in [-0.2, -0.15) is 0 Å². The Kier molecular flexibility index (Phi) is 3.61. The predicted molar refractivity (Wildman–Crippen MR) is 106 cm³/mol. The van der Waals surface area contributed by atoms with Crippen LogP contribution >= 0.6 is 0 Å². The van der Waals surface area contributed by atoms with Crippen LogP contribution in [0.25, 0.3) is 32.7 Å². The molecule has 118 valence electrons. The van der Waals surface area contributed by atoms with E-state index in [0.29, 0.717) is 0 Å². The lowest BCUT2D eigenvalue weighted by Gasteiger charge is -2.09. The molecule has 0 spiro atoms. The molecule has 4 aromatic carbocycles. The number of rotatable bonds is 0. The van der Waals surface area contributed by atoms with Crippen LogP contribution in [0.5, 0.6) is 0 Å². The first-order chi connectivity index (χ1) is 11.8. The van der Waals surface area contributed by atoms with Gasteiger partial charge in [0.05, 0.1) is 0 Å². The van der Waals surface area contributed by atoms with Crippen molar-refractivity contribution < 1.29 is 0 Å². The van der Waals surface area contributed by atoms with Crippen LogP contribution in [0.15, 0.2) is 66.7 Å². The maximum atomic E-state index is 2.31. The van der Waals surface area contributed by atoms with Crippen molar-refractivity contribution in [2.24, 2.45) is 0 Å². The molecule has 0 aromatic heterocycles. The lowest BCUT2D eigenvalue weighted by Crippen LogP contribution is -1.86. The summed E-state index contributed by atoms with van der Waals surface area (Å²) in [5, 5.41) is 5.49. The normalized spacial score (nSPS) is 11.8. The molecular formula is C24H22. The lowest BCUT2D eigenvalue weighted by molar-refractivity contribution is 1.28. The molecule has 0 saturated carbocycles. The van der Waals surface area contributed by atoms with Crippen molar-refractivity contribution >= 4 is 21.5 Å². The second-order valence-electron chi connectivity index (χ2n) is 6.31. The van der Waals surface area contributed by atoms with Gasteiger partial charge in [0, 0.05) is 0 Å². The van der Waals surface area contributed by atoms with E-state index < -0.39 is 0 Å². The smallest absolute Gasteiger partial charge is 0.000728 e. The minimum Gasteiger partial charge on any atom is -0.0683 e. The zero-order valence-corrected chi connectivity index (χ0v) is 14.6. The largest absolute Gasteiger partial charge is 0.0683 e. The molecule has 0 amide bonds. The van der Waals surface area contributed by atoms with Crippen molar-refractivity contribution in [3.8, 4) is 11.1 Å². The number of aryl methyl sites for hydroxylation is 1. The van der Waals surface area contributed by atoms with E-state index in [-0.39, 0.29) is 0 Å². The fourth-order valence-electron chi connectivity index (χ4n) is 3.88. The van der Waals surface area contributed by atoms with E-state index in [1.165, 1.54) is 49.4 Å². The van der Waals surface area contributed by atoms with Gasteiger partial charge in [-0.1, -0.05) is 86.1 Å². The van der Waals surface area contributed by atoms with E-state index in [9.17, 15) is 0 Å². The van der Waals surface area contributed by atoms with E-state index in [1.54, 1.807) is 0 Å². The molecule has 0 fully saturated rings. The van der Waals surface area contributed by atoms with Crippen LogP contribution in [-0.4, -0.2) is 0 Å². The molecule has 0 heteroatoms. The van der Waals surface area contributed by atoms with Gasteiger partial charge in [-0.25, -0.2) is 0 Å². The molecule has 5 rings (SSSR count). The van der Waals surface area contributed by atoms with Crippen molar-refractivity contribution in [2.75, 3.05) is 0 Å². The van der Waals surface area contributed by atoms with Crippen LogP contribution in [0.3, 0.4) is 0 Å². The zero-order chi connectivity index (χ0) is 16.7. The fraction of sp³-hybridized carbons (Fsp3) is 0.167. The summed E-state index contributed by atoms with van der Waals surface area (Å²) in [5.41, 5.74) is 7.08. The molecule has 0 N–H and O–H groups in total. The fourth-order valence-corrected chi connectivity index (χ4v) is 3.88. The summed E-state index contributed by atoms with van der Waals surface area (Å²) in [7, 11) is 0. The monoisotopic (exact) mass is 310 g/mol. The molecule has 0 saturated heterocycles. The summed E-state index contributed by atoms with van der Waals surface area (Å²) in [6, 6.07) is 24.7. The van der Waals surface area contributed by atoms with Crippen LogP contribution in [0.4, 0.5) is 0 Å². The Morgan fingerprint density at radius 3 is 2.29 bits per heavy atom. The second-order valence-corrected chi connectivity index (χ2v) is 6.31. The van der Waals surface area contributed by atoms with Gasteiger partial charge >= 0.3 is 0 Å². The number of hydrogen-bond donors (Lipinski definition) is 0. The van der Waals surface area contributed by atoms with Crippen molar-refractivity contribution in [3.05, 3.63) is 83.4 Å². The van der Waals surface area contributed by atoms with Gasteiger partial charge in [-0.3, -0.25) is 0 Å². The predicted octanol–water partition coefficient (Wildman–Crippen LogP) is 6.90. The van der Waals surface area contributed by atoms with Gasteiger partial charge in [0.15, 0.2) is 0 Å². The molecule has 0 bridgehead atoms. The molecule has 4 aromatic rings. The molecule has 0 atom stereocenters. The van der Waals surface area contributed by atoms with Crippen LogP contribution < -0.4 is 0 Å². The third-order valence-corrected chi connectivity index (χ3v) is 4.96. The van der Waals surface area contributed by atoms with Crippen molar-refractivity contribution in [1.82, 2.24) is 0 Å². The molecular weight excluding hydrogens is 288 g/mol. The Hall–Kier alpha value is -2.60. The summed E-state index contributed by atoms with van der Waals surface area (Å²) in [4.78, 5) is 0. The number of hydrogen-bond acceptors (Lipinski definition) is 0. The van der Waals surface area contributed by atoms with Crippen molar-refractivity contribution in [2.45, 2.75) is 27.2 Å². The lowest BCUT2D eigenvalue weighted by atomic mass is 9.94. The Morgan fingerprint density at radius 1 is 0.667 bits per heavy atom. The SMILES string of the molecule is CC.Cc1ccc2ccc3c4c(ccc3c2c1)-c1ccccc1C4. The minimum atomic E-state index is 1.06. The average Bonchev–Trinajstić information content (AvgIpc) is 3.02. The molecule has 24 heavy (non-hydrogen) atoms. The molecule has 1 aliphatic rings. The van der Waals surface area contributed by atoms with Gasteiger partial charge < -0.3 is 0 Å². The van der Waals surface area contributed by atoms with E-state index in [2.05, 4.69) is 73.7 Å². The van der Waals surface area contributed by atoms with Gasteiger partial charge in [0.25, 0.3) is 0 Å². The molecule has 0 nitrogen and oxygen atoms in total. The van der Waals surface area contributed by atoms with Gasteiger partial charge in [0.1, 0.15) is 0 Å². The highest BCUT2D eigenvalue weighted by Gasteiger charge is 2.20. The zero-order valence-electron chi connectivity index (χ0n) is 14.6. The second kappa shape index (κ2) is 5.79. The highest BCUT2D eigenvalue weighted by Crippen LogP contribution is 2.41. The number of benzene rings is 4. The van der Waals surface area contributed by atoms with Crippen LogP contribution in [0, 0.1) is 6.92 Å². The van der Waals surface area contributed by atoms with E-state index in [4.69, 9.17) is 0 Å². The van der Waals surface area contributed by atoms with E-state index in [1.807, 2.05) is 13.8 Å². The molecule has 0 aliphatic heterocycles. The summed E-state index contributed by atoms with van der Waals surface area (Å²) in [6.45, 7) is 6.17. The maximum absolute atomic E-state index is 2.31. The summed E-state index contributed by atoms with van der Waals surface area (Å²) in [6.07, 6.45) is 1.06. The number of fused-ring (bicyclic) bond motifs is 7. The van der Waals surface area contributed by atoms with Gasteiger partial charge in [-0.05, 0) is 57.1 Å². The Balaban J connectivity index is 0.000000704.